The third-order valence-corrected chi connectivity index (χ3v) is 4.38. The van der Waals surface area contributed by atoms with Crippen molar-refractivity contribution >= 4 is 15.6 Å². The lowest BCUT2D eigenvalue weighted by molar-refractivity contribution is -0.127. The Morgan fingerprint density at radius 3 is 2.05 bits per heavy atom. The van der Waals surface area contributed by atoms with E-state index in [1.165, 1.54) is 0 Å². The van der Waals surface area contributed by atoms with E-state index in [2.05, 4.69) is 0 Å². The Morgan fingerprint density at radius 2 is 1.62 bits per heavy atom. The third kappa shape index (κ3) is 7.39. The highest BCUT2D eigenvalue weighted by Gasteiger charge is 2.30. The first-order valence-electron chi connectivity index (χ1n) is 7.16. The number of rotatable bonds is 5. The number of Topliss-reactive ketones (excluding diaryl/α,β-unsaturated/α-hetero) is 1. The Bertz CT molecular complexity index is 530. The van der Waals surface area contributed by atoms with Gasteiger partial charge in [0.15, 0.2) is 15.6 Å². The summed E-state index contributed by atoms with van der Waals surface area (Å²) in [5.74, 6) is -0.624. The summed E-state index contributed by atoms with van der Waals surface area (Å²) in [6.45, 7) is 9.21. The molecule has 1 unspecified atom stereocenters. The molecule has 0 amide bonds. The van der Waals surface area contributed by atoms with E-state index in [0.717, 1.165) is 0 Å². The van der Waals surface area contributed by atoms with E-state index in [4.69, 9.17) is 5.73 Å². The molecular formula is C16H27NO3S. The van der Waals surface area contributed by atoms with Crippen molar-refractivity contribution in [1.82, 2.24) is 0 Å². The van der Waals surface area contributed by atoms with Crippen LogP contribution in [0.15, 0.2) is 30.3 Å². The molecule has 0 aromatic heterocycles. The van der Waals surface area contributed by atoms with Crippen LogP contribution in [0.3, 0.4) is 0 Å². The van der Waals surface area contributed by atoms with Gasteiger partial charge in [-0.05, 0) is 5.56 Å². The molecule has 0 radical (unpaired) electrons. The lowest BCUT2D eigenvalue weighted by atomic mass is 9.87. The fraction of sp³-hybridized carbons (Fsp3) is 0.562. The fourth-order valence-corrected chi connectivity index (χ4v) is 3.31. The topological polar surface area (TPSA) is 77.2 Å². The first-order valence-corrected chi connectivity index (χ1v) is 8.98. The van der Waals surface area contributed by atoms with E-state index >= 15 is 0 Å². The van der Waals surface area contributed by atoms with E-state index < -0.39 is 21.3 Å². The third-order valence-electron chi connectivity index (χ3n) is 2.74. The van der Waals surface area contributed by atoms with Gasteiger partial charge in [-0.15, -0.1) is 0 Å². The smallest absolute Gasteiger partial charge is 0.156 e. The zero-order valence-corrected chi connectivity index (χ0v) is 14.4. The van der Waals surface area contributed by atoms with Crippen LogP contribution >= 0.6 is 0 Å². The molecule has 1 atom stereocenters. The van der Waals surface area contributed by atoms with Crippen LogP contribution < -0.4 is 5.73 Å². The van der Waals surface area contributed by atoms with Gasteiger partial charge in [-0.3, -0.25) is 4.79 Å². The monoisotopic (exact) mass is 313 g/mol. The maximum absolute atomic E-state index is 12.0. The molecule has 0 aliphatic heterocycles. The molecule has 1 aromatic carbocycles. The molecule has 1 rings (SSSR count). The molecule has 0 fully saturated rings. The minimum atomic E-state index is -3.38. The summed E-state index contributed by atoms with van der Waals surface area (Å²) in [6, 6.07) is 7.92. The summed E-state index contributed by atoms with van der Waals surface area (Å²) < 4.78 is 24.0. The van der Waals surface area contributed by atoms with Crippen molar-refractivity contribution in [3.05, 3.63) is 35.9 Å². The molecular weight excluding hydrogens is 286 g/mol. The molecule has 0 heterocycles. The number of ketones is 1. The van der Waals surface area contributed by atoms with Gasteiger partial charge in [-0.25, -0.2) is 8.42 Å². The predicted octanol–water partition coefficient (Wildman–Crippen LogP) is 2.57. The van der Waals surface area contributed by atoms with Crippen molar-refractivity contribution in [2.45, 2.75) is 46.4 Å². The number of carbonyl (C=O) groups excluding carboxylic acids is 1. The van der Waals surface area contributed by atoms with Crippen LogP contribution in [0.5, 0.6) is 0 Å². The van der Waals surface area contributed by atoms with E-state index in [1.54, 1.807) is 45.0 Å². The first-order chi connectivity index (χ1) is 9.62. The zero-order chi connectivity index (χ0) is 16.7. The van der Waals surface area contributed by atoms with E-state index in [0.29, 0.717) is 5.56 Å². The second-order valence-corrected chi connectivity index (χ2v) is 7.87. The normalized spacial score (nSPS) is 13.0. The number of sulfone groups is 1. The zero-order valence-electron chi connectivity index (χ0n) is 13.6. The predicted molar refractivity (Wildman–Crippen MR) is 87.7 cm³/mol. The summed E-state index contributed by atoms with van der Waals surface area (Å²) in [6.07, 6.45) is 0. The Kier molecular flexibility index (Phi) is 7.82. The highest BCUT2D eigenvalue weighted by Crippen LogP contribution is 2.17. The molecule has 0 aliphatic carbocycles. The maximum Gasteiger partial charge on any atom is 0.156 e. The molecule has 2 N–H and O–H groups in total. The summed E-state index contributed by atoms with van der Waals surface area (Å²) in [4.78, 5) is 11.9. The Balaban J connectivity index is 0.00000191. The summed E-state index contributed by atoms with van der Waals surface area (Å²) in [5.41, 5.74) is 5.80. The van der Waals surface area contributed by atoms with Gasteiger partial charge < -0.3 is 5.73 Å². The molecule has 0 saturated carbocycles. The lowest BCUT2D eigenvalue weighted by Gasteiger charge is -2.21. The molecule has 0 aliphatic rings. The van der Waals surface area contributed by atoms with Crippen LogP contribution in [0, 0.1) is 5.41 Å². The number of nitrogens with two attached hydrogens (primary N) is 1. The molecule has 120 valence electrons. The molecule has 0 spiro atoms. The van der Waals surface area contributed by atoms with E-state index in [-0.39, 0.29) is 17.3 Å². The molecule has 21 heavy (non-hydrogen) atoms. The number of benzene rings is 1. The van der Waals surface area contributed by atoms with Gasteiger partial charge in [0.05, 0.1) is 17.5 Å². The van der Waals surface area contributed by atoms with Gasteiger partial charge in [0, 0.05) is 5.41 Å². The van der Waals surface area contributed by atoms with Crippen LogP contribution in [0.25, 0.3) is 0 Å². The average Bonchev–Trinajstić information content (AvgIpc) is 2.39. The Hall–Kier alpha value is -1.20. The van der Waals surface area contributed by atoms with Crippen molar-refractivity contribution in [2.75, 3.05) is 5.75 Å². The number of carbonyl (C=O) groups is 1. The van der Waals surface area contributed by atoms with Crippen LogP contribution in [-0.4, -0.2) is 26.0 Å². The van der Waals surface area contributed by atoms with Gasteiger partial charge >= 0.3 is 0 Å². The number of hydrogen-bond acceptors (Lipinski definition) is 4. The van der Waals surface area contributed by atoms with Crippen molar-refractivity contribution < 1.29 is 13.2 Å². The largest absolute Gasteiger partial charge is 0.321 e. The lowest BCUT2D eigenvalue weighted by Crippen LogP contribution is -2.43. The number of hydrogen-bond donors (Lipinski definition) is 1. The second-order valence-electron chi connectivity index (χ2n) is 5.76. The summed E-state index contributed by atoms with van der Waals surface area (Å²) in [7, 11) is -3.38. The second kappa shape index (κ2) is 8.29. The van der Waals surface area contributed by atoms with Crippen LogP contribution in [0.4, 0.5) is 0 Å². The molecule has 5 heteroatoms. The van der Waals surface area contributed by atoms with Gasteiger partial charge in [0.2, 0.25) is 0 Å². The summed E-state index contributed by atoms with van der Waals surface area (Å²) >= 11 is 0. The Labute approximate surface area is 128 Å². The fourth-order valence-electron chi connectivity index (χ4n) is 1.79. The van der Waals surface area contributed by atoms with Crippen LogP contribution in [0.1, 0.15) is 40.2 Å². The van der Waals surface area contributed by atoms with Gasteiger partial charge in [0.1, 0.15) is 0 Å². The molecule has 0 bridgehead atoms. The van der Waals surface area contributed by atoms with Crippen molar-refractivity contribution in [3.8, 4) is 0 Å². The average molecular weight is 313 g/mol. The van der Waals surface area contributed by atoms with Gasteiger partial charge in [0.25, 0.3) is 0 Å². The maximum atomic E-state index is 12.0. The Morgan fingerprint density at radius 1 is 1.14 bits per heavy atom. The molecule has 0 saturated heterocycles. The van der Waals surface area contributed by atoms with E-state index in [1.807, 2.05) is 19.9 Å². The molecule has 4 nitrogen and oxygen atoms in total. The first kappa shape index (κ1) is 19.8. The summed E-state index contributed by atoms with van der Waals surface area (Å²) in [5, 5.41) is 0. The standard InChI is InChI=1S/C14H21NO3S.C2H6/c1-14(2,3)13(16)12(15)10-19(17,18)9-11-7-5-4-6-8-11;1-2/h4-8,12H,9-10,15H2,1-3H3;1-2H3. The van der Waals surface area contributed by atoms with Crippen molar-refractivity contribution in [1.29, 1.82) is 0 Å². The highest BCUT2D eigenvalue weighted by molar-refractivity contribution is 7.90. The SMILES string of the molecule is CC.CC(C)(C)C(=O)C(N)CS(=O)(=O)Cc1ccccc1. The van der Waals surface area contributed by atoms with Crippen molar-refractivity contribution in [3.63, 3.8) is 0 Å². The molecule has 1 aromatic rings. The van der Waals surface area contributed by atoms with Crippen molar-refractivity contribution in [2.24, 2.45) is 11.1 Å². The van der Waals surface area contributed by atoms with Gasteiger partial charge in [-0.2, -0.15) is 0 Å². The van der Waals surface area contributed by atoms with Crippen LogP contribution in [-0.2, 0) is 20.4 Å². The highest BCUT2D eigenvalue weighted by atomic mass is 32.2. The van der Waals surface area contributed by atoms with Crippen LogP contribution in [0.2, 0.25) is 0 Å². The minimum absolute atomic E-state index is 0.0844. The minimum Gasteiger partial charge on any atom is -0.321 e. The van der Waals surface area contributed by atoms with Gasteiger partial charge in [-0.1, -0.05) is 65.0 Å². The quantitative estimate of drug-likeness (QED) is 0.906. The van der Waals surface area contributed by atoms with E-state index in [9.17, 15) is 13.2 Å².